The number of piperidine rings is 1. The van der Waals surface area contributed by atoms with Gasteiger partial charge in [-0.3, -0.25) is 0 Å². The summed E-state index contributed by atoms with van der Waals surface area (Å²) >= 11 is 13.0. The second-order valence-corrected chi connectivity index (χ2v) is 10.3. The molecule has 8 heteroatoms. The molecule has 3 aromatic rings. The summed E-state index contributed by atoms with van der Waals surface area (Å²) in [7, 11) is 0. The van der Waals surface area contributed by atoms with Crippen molar-refractivity contribution in [3.63, 3.8) is 0 Å². The number of carbonyl (C=O) groups is 1. The largest absolute Gasteiger partial charge is 0.478 e. The number of carboxylic acids is 1. The molecule has 0 amide bonds. The van der Waals surface area contributed by atoms with Gasteiger partial charge in [-0.2, -0.15) is 0 Å². The Labute approximate surface area is 207 Å². The lowest BCUT2D eigenvalue weighted by Crippen LogP contribution is -2.38. The lowest BCUT2D eigenvalue weighted by Gasteiger charge is -2.33. The van der Waals surface area contributed by atoms with Crippen molar-refractivity contribution in [1.29, 1.82) is 0 Å². The summed E-state index contributed by atoms with van der Waals surface area (Å²) in [6.07, 6.45) is 4.38. The Kier molecular flexibility index (Phi) is 5.55. The van der Waals surface area contributed by atoms with Gasteiger partial charge in [-0.15, -0.1) is 0 Å². The number of hydrogen-bond acceptors (Lipinski definition) is 5. The first kappa shape index (κ1) is 22.0. The van der Waals surface area contributed by atoms with Gasteiger partial charge in [-0.1, -0.05) is 34.4 Å². The van der Waals surface area contributed by atoms with Crippen molar-refractivity contribution in [2.24, 2.45) is 5.92 Å². The highest BCUT2D eigenvalue weighted by Crippen LogP contribution is 2.47. The van der Waals surface area contributed by atoms with Crippen LogP contribution in [0.4, 0.5) is 5.69 Å². The SMILES string of the molecule is O=C(O)c1ccc(N2C[C@@H]3C[C@H]2C[C@H]3OCc2c(-c3c(Cl)cccc3Cl)noc2C2CC2)cc1. The number of ether oxygens (including phenoxy) is 1. The first-order valence-corrected chi connectivity index (χ1v) is 12.4. The minimum absolute atomic E-state index is 0.163. The maximum atomic E-state index is 11.1. The summed E-state index contributed by atoms with van der Waals surface area (Å²) in [6.45, 7) is 1.33. The van der Waals surface area contributed by atoms with Crippen molar-refractivity contribution in [1.82, 2.24) is 5.16 Å². The summed E-state index contributed by atoms with van der Waals surface area (Å²) in [5.41, 5.74) is 3.72. The Morgan fingerprint density at radius 2 is 1.85 bits per heavy atom. The van der Waals surface area contributed by atoms with Crippen molar-refractivity contribution in [3.05, 3.63) is 69.4 Å². The van der Waals surface area contributed by atoms with E-state index in [1.165, 1.54) is 0 Å². The van der Waals surface area contributed by atoms with E-state index in [1.807, 2.05) is 30.3 Å². The van der Waals surface area contributed by atoms with Crippen LogP contribution in [-0.2, 0) is 11.3 Å². The van der Waals surface area contributed by atoms with Gasteiger partial charge in [-0.25, -0.2) is 4.79 Å². The minimum atomic E-state index is -0.903. The summed E-state index contributed by atoms with van der Waals surface area (Å²) in [6, 6.07) is 13.0. The molecule has 2 bridgehead atoms. The molecule has 2 aliphatic carbocycles. The number of aromatic nitrogens is 1. The van der Waals surface area contributed by atoms with Gasteiger partial charge in [-0.05, 0) is 62.1 Å². The van der Waals surface area contributed by atoms with Crippen molar-refractivity contribution in [3.8, 4) is 11.3 Å². The third-order valence-corrected chi connectivity index (χ3v) is 7.96. The molecule has 3 atom stereocenters. The lowest BCUT2D eigenvalue weighted by molar-refractivity contribution is 0.0122. The molecule has 2 heterocycles. The molecule has 2 saturated carbocycles. The molecular formula is C26H24Cl2N2O4. The number of halogens is 2. The molecule has 34 heavy (non-hydrogen) atoms. The van der Waals surface area contributed by atoms with E-state index in [4.69, 9.17) is 37.6 Å². The Balaban J connectivity index is 1.17. The third-order valence-electron chi connectivity index (χ3n) is 7.33. The summed E-state index contributed by atoms with van der Waals surface area (Å²) in [4.78, 5) is 13.5. The fraction of sp³-hybridized carbons (Fsp3) is 0.385. The van der Waals surface area contributed by atoms with Gasteiger partial charge < -0.3 is 19.3 Å². The van der Waals surface area contributed by atoms with Gasteiger partial charge in [0.1, 0.15) is 11.5 Å². The van der Waals surface area contributed by atoms with E-state index < -0.39 is 5.97 Å². The van der Waals surface area contributed by atoms with Crippen molar-refractivity contribution in [2.75, 3.05) is 11.4 Å². The van der Waals surface area contributed by atoms with Crippen LogP contribution < -0.4 is 4.90 Å². The van der Waals surface area contributed by atoms with Crippen LogP contribution in [-0.4, -0.2) is 34.9 Å². The highest BCUT2D eigenvalue weighted by atomic mass is 35.5. The predicted molar refractivity (Wildman–Crippen MR) is 130 cm³/mol. The van der Waals surface area contributed by atoms with E-state index in [0.717, 1.165) is 49.2 Å². The van der Waals surface area contributed by atoms with Crippen LogP contribution in [0.15, 0.2) is 47.0 Å². The number of carboxylic acid groups (broad SMARTS) is 1. The quantitative estimate of drug-likeness (QED) is 0.405. The van der Waals surface area contributed by atoms with Gasteiger partial charge in [0.15, 0.2) is 0 Å². The molecule has 0 radical (unpaired) electrons. The average Bonchev–Trinajstić information content (AvgIpc) is 3.28. The van der Waals surface area contributed by atoms with E-state index >= 15 is 0 Å². The predicted octanol–water partition coefficient (Wildman–Crippen LogP) is 6.41. The summed E-state index contributed by atoms with van der Waals surface area (Å²) in [5, 5.41) is 14.6. The van der Waals surface area contributed by atoms with E-state index in [-0.39, 0.29) is 6.10 Å². The van der Waals surface area contributed by atoms with E-state index in [2.05, 4.69) is 10.1 Å². The van der Waals surface area contributed by atoms with Gasteiger partial charge >= 0.3 is 5.97 Å². The van der Waals surface area contributed by atoms with Crippen LogP contribution in [0.5, 0.6) is 0 Å². The highest BCUT2D eigenvalue weighted by molar-refractivity contribution is 6.39. The van der Waals surface area contributed by atoms with E-state index in [1.54, 1.807) is 12.1 Å². The molecule has 0 spiro atoms. The first-order chi connectivity index (χ1) is 16.5. The topological polar surface area (TPSA) is 75.8 Å². The van der Waals surface area contributed by atoms with Crippen LogP contribution in [0.1, 0.15) is 53.3 Å². The van der Waals surface area contributed by atoms with Crippen LogP contribution in [0.3, 0.4) is 0 Å². The van der Waals surface area contributed by atoms with Crippen LogP contribution >= 0.6 is 23.2 Å². The molecule has 3 fully saturated rings. The van der Waals surface area contributed by atoms with Crippen LogP contribution in [0.25, 0.3) is 11.3 Å². The van der Waals surface area contributed by atoms with Gasteiger partial charge in [0, 0.05) is 41.2 Å². The van der Waals surface area contributed by atoms with E-state index in [0.29, 0.717) is 51.4 Å². The number of rotatable bonds is 7. The maximum Gasteiger partial charge on any atom is 0.335 e. The molecule has 6 nitrogen and oxygen atoms in total. The molecule has 6 rings (SSSR count). The van der Waals surface area contributed by atoms with Gasteiger partial charge in [0.2, 0.25) is 0 Å². The number of fused-ring (bicyclic) bond motifs is 2. The monoisotopic (exact) mass is 498 g/mol. The zero-order valence-corrected chi connectivity index (χ0v) is 19.9. The smallest absolute Gasteiger partial charge is 0.335 e. The van der Waals surface area contributed by atoms with Crippen molar-refractivity contribution < 1.29 is 19.2 Å². The van der Waals surface area contributed by atoms with Crippen molar-refractivity contribution in [2.45, 2.75) is 50.4 Å². The van der Waals surface area contributed by atoms with Crippen LogP contribution in [0.2, 0.25) is 10.0 Å². The zero-order valence-electron chi connectivity index (χ0n) is 18.4. The highest BCUT2D eigenvalue weighted by Gasteiger charge is 2.45. The Morgan fingerprint density at radius 3 is 2.47 bits per heavy atom. The number of anilines is 1. The standard InChI is InChI=1S/C26H24Cl2N2O4/c27-20-2-1-3-21(28)23(20)24-19(25(34-29-24)14-4-5-14)13-33-22-11-18-10-16(22)12-30(18)17-8-6-15(7-9-17)26(31)32/h1-3,6-9,14,16,18,22H,4-5,10-13H2,(H,31,32)/t16-,18-,22+/m0/s1. The third kappa shape index (κ3) is 3.88. The molecule has 1 N–H and O–H groups in total. The number of nitrogens with zero attached hydrogens (tertiary/aromatic N) is 2. The number of aromatic carboxylic acids is 1. The normalized spacial score (nSPS) is 23.6. The Bertz CT molecular complexity index is 1220. The Hall–Kier alpha value is -2.54. The Morgan fingerprint density at radius 1 is 1.12 bits per heavy atom. The lowest BCUT2D eigenvalue weighted by atomic mass is 10.0. The molecule has 1 aromatic heterocycles. The van der Waals surface area contributed by atoms with Crippen LogP contribution in [0, 0.1) is 5.92 Å². The molecule has 1 aliphatic heterocycles. The van der Waals surface area contributed by atoms with Gasteiger partial charge in [0.25, 0.3) is 0 Å². The molecule has 2 aromatic carbocycles. The van der Waals surface area contributed by atoms with Gasteiger partial charge in [0.05, 0.1) is 28.3 Å². The maximum absolute atomic E-state index is 11.1. The summed E-state index contributed by atoms with van der Waals surface area (Å²) < 4.78 is 12.3. The first-order valence-electron chi connectivity index (χ1n) is 11.6. The second-order valence-electron chi connectivity index (χ2n) is 9.48. The number of hydrogen-bond donors (Lipinski definition) is 1. The molecule has 176 valence electrons. The zero-order chi connectivity index (χ0) is 23.4. The fourth-order valence-corrected chi connectivity index (χ4v) is 6.04. The molecule has 1 saturated heterocycles. The molecule has 3 aliphatic rings. The second kappa shape index (κ2) is 8.59. The van der Waals surface area contributed by atoms with Crippen molar-refractivity contribution >= 4 is 34.9 Å². The molecule has 0 unspecified atom stereocenters. The molecular weight excluding hydrogens is 475 g/mol. The average molecular weight is 499 g/mol. The summed E-state index contributed by atoms with van der Waals surface area (Å²) in [5.74, 6) is 0.820. The number of benzene rings is 2. The minimum Gasteiger partial charge on any atom is -0.478 e. The fourth-order valence-electron chi connectivity index (χ4n) is 5.46. The van der Waals surface area contributed by atoms with E-state index in [9.17, 15) is 4.79 Å².